The summed E-state index contributed by atoms with van der Waals surface area (Å²) in [6, 6.07) is 6.83. The van der Waals surface area contributed by atoms with Crippen LogP contribution in [0, 0.1) is 11.7 Å². The van der Waals surface area contributed by atoms with Crippen LogP contribution in [0.15, 0.2) is 24.3 Å². The predicted molar refractivity (Wildman–Crippen MR) is 67.1 cm³/mol. The van der Waals surface area contributed by atoms with Crippen molar-refractivity contribution in [1.29, 1.82) is 0 Å². The smallest absolute Gasteiger partial charge is 0.123 e. The van der Waals surface area contributed by atoms with Gasteiger partial charge in [0.2, 0.25) is 0 Å². The molecule has 0 saturated carbocycles. The van der Waals surface area contributed by atoms with E-state index < -0.39 is 0 Å². The first-order valence-corrected chi connectivity index (χ1v) is 6.05. The fraction of sp³-hybridized carbons (Fsp3) is 0.571. The molecule has 0 heterocycles. The summed E-state index contributed by atoms with van der Waals surface area (Å²) in [6.07, 6.45) is 1.10. The molecule has 0 spiro atoms. The first kappa shape index (κ1) is 13.2. The highest BCUT2D eigenvalue weighted by atomic mass is 19.1. The van der Waals surface area contributed by atoms with Crippen LogP contribution in [0.25, 0.3) is 0 Å². The van der Waals surface area contributed by atoms with Crippen LogP contribution in [-0.2, 0) is 0 Å². The maximum absolute atomic E-state index is 12.7. The lowest BCUT2D eigenvalue weighted by Gasteiger charge is -2.13. The summed E-state index contributed by atoms with van der Waals surface area (Å²) in [5.41, 5.74) is 1.22. The summed E-state index contributed by atoms with van der Waals surface area (Å²) in [4.78, 5) is 0. The van der Waals surface area contributed by atoms with Crippen LogP contribution in [0.1, 0.15) is 38.7 Å². The third kappa shape index (κ3) is 4.75. The van der Waals surface area contributed by atoms with Gasteiger partial charge in [-0.1, -0.05) is 32.9 Å². The Hall–Kier alpha value is -0.890. The van der Waals surface area contributed by atoms with E-state index in [1.165, 1.54) is 17.7 Å². The van der Waals surface area contributed by atoms with Crippen molar-refractivity contribution < 1.29 is 4.39 Å². The average Bonchev–Trinajstić information content (AvgIpc) is 2.25. The normalized spacial score (nSPS) is 13.1. The molecule has 2 heteroatoms. The Balaban J connectivity index is 2.29. The summed E-state index contributed by atoms with van der Waals surface area (Å²) in [5.74, 6) is 1.02. The van der Waals surface area contributed by atoms with Gasteiger partial charge in [-0.2, -0.15) is 0 Å². The molecule has 0 aliphatic rings. The lowest BCUT2D eigenvalue weighted by atomic mass is 9.98. The summed E-state index contributed by atoms with van der Waals surface area (Å²) in [5, 5.41) is 3.42. The molecule has 1 N–H and O–H groups in total. The Morgan fingerprint density at radius 1 is 1.12 bits per heavy atom. The van der Waals surface area contributed by atoms with Gasteiger partial charge in [-0.3, -0.25) is 0 Å². The predicted octanol–water partition coefficient (Wildman–Crippen LogP) is 3.56. The topological polar surface area (TPSA) is 12.0 Å². The Kier molecular flexibility index (Phi) is 5.47. The maximum atomic E-state index is 12.7. The molecule has 0 fully saturated rings. The second-order valence-corrected chi connectivity index (χ2v) is 4.84. The van der Waals surface area contributed by atoms with E-state index in [2.05, 4.69) is 26.1 Å². The van der Waals surface area contributed by atoms with Crippen LogP contribution in [0.2, 0.25) is 0 Å². The van der Waals surface area contributed by atoms with E-state index in [0.717, 1.165) is 19.5 Å². The zero-order valence-electron chi connectivity index (χ0n) is 10.5. The van der Waals surface area contributed by atoms with E-state index in [-0.39, 0.29) is 5.82 Å². The van der Waals surface area contributed by atoms with Gasteiger partial charge in [-0.05, 0) is 49.0 Å². The molecule has 0 bridgehead atoms. The van der Waals surface area contributed by atoms with Crippen molar-refractivity contribution in [3.05, 3.63) is 35.6 Å². The molecule has 0 aliphatic heterocycles. The summed E-state index contributed by atoms with van der Waals surface area (Å²) >= 11 is 0. The van der Waals surface area contributed by atoms with Gasteiger partial charge < -0.3 is 5.32 Å². The Morgan fingerprint density at radius 3 is 2.31 bits per heavy atom. The second kappa shape index (κ2) is 6.64. The quantitative estimate of drug-likeness (QED) is 0.727. The summed E-state index contributed by atoms with van der Waals surface area (Å²) in [6.45, 7) is 8.68. The van der Waals surface area contributed by atoms with Crippen molar-refractivity contribution in [2.24, 2.45) is 5.92 Å². The molecule has 1 aromatic carbocycles. The fourth-order valence-corrected chi connectivity index (χ4v) is 1.67. The zero-order chi connectivity index (χ0) is 12.0. The first-order chi connectivity index (χ1) is 7.59. The van der Waals surface area contributed by atoms with E-state index in [0.29, 0.717) is 11.8 Å². The number of hydrogen-bond donors (Lipinski definition) is 1. The average molecular weight is 223 g/mol. The Labute approximate surface area is 98.1 Å². The van der Waals surface area contributed by atoms with Crippen molar-refractivity contribution in [1.82, 2.24) is 5.32 Å². The minimum atomic E-state index is -0.158. The monoisotopic (exact) mass is 223 g/mol. The van der Waals surface area contributed by atoms with E-state index in [1.807, 2.05) is 12.1 Å². The number of rotatable bonds is 6. The highest BCUT2D eigenvalue weighted by molar-refractivity contribution is 5.19. The third-order valence-electron chi connectivity index (χ3n) is 2.75. The van der Waals surface area contributed by atoms with Crippen LogP contribution < -0.4 is 5.32 Å². The van der Waals surface area contributed by atoms with Gasteiger partial charge in [-0.15, -0.1) is 0 Å². The van der Waals surface area contributed by atoms with E-state index >= 15 is 0 Å². The number of halogens is 1. The lowest BCUT2D eigenvalue weighted by molar-refractivity contribution is 0.524. The highest BCUT2D eigenvalue weighted by Gasteiger charge is 2.05. The Bertz CT molecular complexity index is 292. The van der Waals surface area contributed by atoms with E-state index in [4.69, 9.17) is 0 Å². The van der Waals surface area contributed by atoms with Crippen LogP contribution in [-0.4, -0.2) is 13.1 Å². The van der Waals surface area contributed by atoms with Gasteiger partial charge in [0.15, 0.2) is 0 Å². The molecule has 0 aromatic heterocycles. The molecule has 1 rings (SSSR count). The van der Waals surface area contributed by atoms with Crippen molar-refractivity contribution in [2.45, 2.75) is 33.1 Å². The Morgan fingerprint density at radius 2 is 1.75 bits per heavy atom. The molecule has 0 saturated heterocycles. The minimum Gasteiger partial charge on any atom is -0.316 e. The highest BCUT2D eigenvalue weighted by Crippen LogP contribution is 2.18. The molecule has 0 radical (unpaired) electrons. The van der Waals surface area contributed by atoms with Crippen molar-refractivity contribution in [3.63, 3.8) is 0 Å². The van der Waals surface area contributed by atoms with E-state index in [9.17, 15) is 4.39 Å². The van der Waals surface area contributed by atoms with Crippen molar-refractivity contribution in [3.8, 4) is 0 Å². The second-order valence-electron chi connectivity index (χ2n) is 4.84. The van der Waals surface area contributed by atoms with Crippen LogP contribution >= 0.6 is 0 Å². The van der Waals surface area contributed by atoms with Crippen LogP contribution in [0.3, 0.4) is 0 Å². The summed E-state index contributed by atoms with van der Waals surface area (Å²) < 4.78 is 12.7. The first-order valence-electron chi connectivity index (χ1n) is 6.05. The van der Waals surface area contributed by atoms with E-state index in [1.54, 1.807) is 0 Å². The molecule has 1 unspecified atom stereocenters. The third-order valence-corrected chi connectivity index (χ3v) is 2.75. The lowest BCUT2D eigenvalue weighted by Crippen LogP contribution is -2.21. The molecule has 16 heavy (non-hydrogen) atoms. The van der Waals surface area contributed by atoms with Crippen LogP contribution in [0.5, 0.6) is 0 Å². The zero-order valence-corrected chi connectivity index (χ0v) is 10.5. The van der Waals surface area contributed by atoms with Crippen molar-refractivity contribution >= 4 is 0 Å². The van der Waals surface area contributed by atoms with Gasteiger partial charge >= 0.3 is 0 Å². The molecular formula is C14H22FN. The van der Waals surface area contributed by atoms with Crippen LogP contribution in [0.4, 0.5) is 4.39 Å². The number of hydrogen-bond acceptors (Lipinski definition) is 1. The van der Waals surface area contributed by atoms with Gasteiger partial charge in [0.1, 0.15) is 5.82 Å². The molecular weight excluding hydrogens is 201 g/mol. The van der Waals surface area contributed by atoms with Gasteiger partial charge in [0.05, 0.1) is 0 Å². The SMILES string of the molecule is CC(C)CNCCC(C)c1ccc(F)cc1. The molecule has 0 amide bonds. The molecule has 1 nitrogen and oxygen atoms in total. The largest absolute Gasteiger partial charge is 0.316 e. The molecule has 1 aromatic rings. The molecule has 90 valence electrons. The van der Waals surface area contributed by atoms with Gasteiger partial charge in [0, 0.05) is 0 Å². The fourth-order valence-electron chi connectivity index (χ4n) is 1.67. The summed E-state index contributed by atoms with van der Waals surface area (Å²) in [7, 11) is 0. The maximum Gasteiger partial charge on any atom is 0.123 e. The number of nitrogens with one attached hydrogen (secondary N) is 1. The molecule has 0 aliphatic carbocycles. The van der Waals surface area contributed by atoms with Crippen molar-refractivity contribution in [2.75, 3.05) is 13.1 Å². The standard InChI is InChI=1S/C14H22FN/c1-11(2)10-16-9-8-12(3)13-4-6-14(15)7-5-13/h4-7,11-12,16H,8-10H2,1-3H3. The molecule has 1 atom stereocenters. The number of benzene rings is 1. The minimum absolute atomic E-state index is 0.158. The van der Waals surface area contributed by atoms with Gasteiger partial charge in [0.25, 0.3) is 0 Å². The van der Waals surface area contributed by atoms with Gasteiger partial charge in [-0.25, -0.2) is 4.39 Å².